The van der Waals surface area contributed by atoms with E-state index in [1.807, 2.05) is 43.3 Å². The molecule has 1 aliphatic heterocycles. The van der Waals surface area contributed by atoms with Gasteiger partial charge in [-0.2, -0.15) is 0 Å². The Morgan fingerprint density at radius 3 is 2.82 bits per heavy atom. The zero-order chi connectivity index (χ0) is 20.1. The smallest absolute Gasteiger partial charge is 0.320 e. The standard InChI is InChI=1S/C22H26ClNO4/c1-3-28-20-11-10-16(23)14-18(20)21(15-7-6-8-17(13-15)27-2)24-12-5-4-9-19(24)22(25)26/h6-8,10-11,13-14,19,21H,3-5,9,12H2,1-2H3,(H,25,26). The average Bonchev–Trinajstić information content (AvgIpc) is 2.71. The number of rotatable bonds is 7. The molecule has 1 aliphatic rings. The van der Waals surface area contributed by atoms with Crippen LogP contribution in [0.1, 0.15) is 43.4 Å². The van der Waals surface area contributed by atoms with Crippen LogP contribution in [0, 0.1) is 0 Å². The predicted molar refractivity (Wildman–Crippen MR) is 109 cm³/mol. The zero-order valence-electron chi connectivity index (χ0n) is 16.2. The van der Waals surface area contributed by atoms with Crippen molar-refractivity contribution in [2.75, 3.05) is 20.3 Å². The minimum absolute atomic E-state index is 0.295. The van der Waals surface area contributed by atoms with Gasteiger partial charge in [-0.15, -0.1) is 0 Å². The number of nitrogens with zero attached hydrogens (tertiary/aromatic N) is 1. The number of carboxylic acid groups (broad SMARTS) is 1. The van der Waals surface area contributed by atoms with E-state index in [0.29, 0.717) is 24.6 Å². The van der Waals surface area contributed by atoms with E-state index in [2.05, 4.69) is 4.90 Å². The number of aliphatic carboxylic acids is 1. The largest absolute Gasteiger partial charge is 0.497 e. The normalized spacial score (nSPS) is 18.5. The van der Waals surface area contributed by atoms with Gasteiger partial charge in [-0.1, -0.05) is 30.2 Å². The Kier molecular flexibility index (Phi) is 6.81. The Labute approximate surface area is 170 Å². The van der Waals surface area contributed by atoms with Gasteiger partial charge in [0.25, 0.3) is 0 Å². The van der Waals surface area contributed by atoms with Crippen LogP contribution < -0.4 is 9.47 Å². The van der Waals surface area contributed by atoms with Crippen LogP contribution in [0.3, 0.4) is 0 Å². The maximum atomic E-state index is 12.0. The first-order valence-electron chi connectivity index (χ1n) is 9.60. The highest BCUT2D eigenvalue weighted by Gasteiger charge is 2.36. The van der Waals surface area contributed by atoms with Crippen LogP contribution in [0.15, 0.2) is 42.5 Å². The zero-order valence-corrected chi connectivity index (χ0v) is 17.0. The molecule has 2 aromatic carbocycles. The second-order valence-corrected chi connectivity index (χ2v) is 7.32. The molecule has 0 bridgehead atoms. The van der Waals surface area contributed by atoms with Crippen molar-refractivity contribution in [3.8, 4) is 11.5 Å². The SMILES string of the molecule is CCOc1ccc(Cl)cc1C(c1cccc(OC)c1)N1CCCCC1C(=O)O. The predicted octanol–water partition coefficient (Wildman–Crippen LogP) is 4.78. The molecule has 0 spiro atoms. The van der Waals surface area contributed by atoms with E-state index >= 15 is 0 Å². The average molecular weight is 404 g/mol. The Balaban J connectivity index is 2.17. The monoisotopic (exact) mass is 403 g/mol. The van der Waals surface area contributed by atoms with Gasteiger partial charge in [-0.3, -0.25) is 9.69 Å². The molecule has 0 aliphatic carbocycles. The van der Waals surface area contributed by atoms with Crippen molar-refractivity contribution in [1.82, 2.24) is 4.90 Å². The Hall–Kier alpha value is -2.24. The van der Waals surface area contributed by atoms with E-state index in [0.717, 1.165) is 35.5 Å². The Morgan fingerprint density at radius 1 is 1.29 bits per heavy atom. The van der Waals surface area contributed by atoms with E-state index in [1.54, 1.807) is 13.2 Å². The minimum Gasteiger partial charge on any atom is -0.497 e. The molecular formula is C22H26ClNO4. The first kappa shape index (κ1) is 20.5. The van der Waals surface area contributed by atoms with E-state index in [1.165, 1.54) is 0 Å². The Bertz CT molecular complexity index is 826. The van der Waals surface area contributed by atoms with Crippen molar-refractivity contribution < 1.29 is 19.4 Å². The van der Waals surface area contributed by atoms with E-state index in [-0.39, 0.29) is 6.04 Å². The number of benzene rings is 2. The summed E-state index contributed by atoms with van der Waals surface area (Å²) < 4.78 is 11.3. The summed E-state index contributed by atoms with van der Waals surface area (Å²) in [6, 6.07) is 12.4. The lowest BCUT2D eigenvalue weighted by Crippen LogP contribution is -2.46. The van der Waals surface area contributed by atoms with Crippen molar-refractivity contribution >= 4 is 17.6 Å². The third kappa shape index (κ3) is 4.42. The highest BCUT2D eigenvalue weighted by atomic mass is 35.5. The second-order valence-electron chi connectivity index (χ2n) is 6.88. The molecule has 0 saturated carbocycles. The van der Waals surface area contributed by atoms with Crippen molar-refractivity contribution in [2.24, 2.45) is 0 Å². The molecule has 150 valence electrons. The van der Waals surface area contributed by atoms with E-state index < -0.39 is 12.0 Å². The van der Waals surface area contributed by atoms with Crippen LogP contribution in [-0.2, 0) is 4.79 Å². The number of carboxylic acids is 1. The van der Waals surface area contributed by atoms with Gasteiger partial charge < -0.3 is 14.6 Å². The first-order chi connectivity index (χ1) is 13.5. The third-order valence-electron chi connectivity index (χ3n) is 5.14. The Morgan fingerprint density at radius 2 is 2.11 bits per heavy atom. The lowest BCUT2D eigenvalue weighted by Gasteiger charge is -2.40. The fourth-order valence-corrected chi connectivity index (χ4v) is 4.09. The molecule has 2 atom stereocenters. The molecule has 6 heteroatoms. The molecule has 1 saturated heterocycles. The maximum Gasteiger partial charge on any atom is 0.320 e. The number of hydrogen-bond acceptors (Lipinski definition) is 4. The van der Waals surface area contributed by atoms with E-state index in [9.17, 15) is 9.90 Å². The van der Waals surface area contributed by atoms with Crippen LogP contribution >= 0.6 is 11.6 Å². The van der Waals surface area contributed by atoms with Gasteiger partial charge in [0.05, 0.1) is 19.8 Å². The number of carbonyl (C=O) groups is 1. The lowest BCUT2D eigenvalue weighted by atomic mass is 9.91. The summed E-state index contributed by atoms with van der Waals surface area (Å²) in [5, 5.41) is 10.4. The summed E-state index contributed by atoms with van der Waals surface area (Å²) in [5.74, 6) is 0.647. The van der Waals surface area contributed by atoms with Gasteiger partial charge in [-0.25, -0.2) is 0 Å². The molecule has 0 amide bonds. The molecule has 2 aromatic rings. The molecule has 28 heavy (non-hydrogen) atoms. The highest BCUT2D eigenvalue weighted by Crippen LogP contribution is 2.40. The fraction of sp³-hybridized carbons (Fsp3) is 0.409. The number of hydrogen-bond donors (Lipinski definition) is 1. The van der Waals surface area contributed by atoms with Gasteiger partial charge in [0.15, 0.2) is 0 Å². The van der Waals surface area contributed by atoms with Gasteiger partial charge in [0.1, 0.15) is 17.5 Å². The lowest BCUT2D eigenvalue weighted by molar-refractivity contribution is -0.145. The number of halogens is 1. The van der Waals surface area contributed by atoms with Crippen LogP contribution in [0.5, 0.6) is 11.5 Å². The molecule has 1 heterocycles. The molecular weight excluding hydrogens is 378 g/mol. The van der Waals surface area contributed by atoms with Gasteiger partial charge in [0, 0.05) is 10.6 Å². The molecule has 0 aromatic heterocycles. The molecule has 1 fully saturated rings. The summed E-state index contributed by atoms with van der Waals surface area (Å²) >= 11 is 6.33. The summed E-state index contributed by atoms with van der Waals surface area (Å²) in [7, 11) is 1.63. The van der Waals surface area contributed by atoms with Crippen molar-refractivity contribution in [1.29, 1.82) is 0 Å². The number of piperidine rings is 1. The van der Waals surface area contributed by atoms with Gasteiger partial charge in [0.2, 0.25) is 0 Å². The van der Waals surface area contributed by atoms with E-state index in [4.69, 9.17) is 21.1 Å². The van der Waals surface area contributed by atoms with Crippen LogP contribution in [0.4, 0.5) is 0 Å². The van der Waals surface area contributed by atoms with Crippen molar-refractivity contribution in [3.05, 3.63) is 58.6 Å². The van der Waals surface area contributed by atoms with Gasteiger partial charge >= 0.3 is 5.97 Å². The molecule has 0 radical (unpaired) electrons. The summed E-state index contributed by atoms with van der Waals surface area (Å²) in [6.07, 6.45) is 2.49. The summed E-state index contributed by atoms with van der Waals surface area (Å²) in [6.45, 7) is 3.14. The number of methoxy groups -OCH3 is 1. The third-order valence-corrected chi connectivity index (χ3v) is 5.37. The van der Waals surface area contributed by atoms with Gasteiger partial charge in [-0.05, 0) is 62.2 Å². The molecule has 2 unspecified atom stereocenters. The highest BCUT2D eigenvalue weighted by molar-refractivity contribution is 6.30. The molecule has 5 nitrogen and oxygen atoms in total. The number of likely N-dealkylation sites (tertiary alicyclic amines) is 1. The molecule has 3 rings (SSSR count). The van der Waals surface area contributed by atoms with Crippen molar-refractivity contribution in [3.63, 3.8) is 0 Å². The van der Waals surface area contributed by atoms with Crippen molar-refractivity contribution in [2.45, 2.75) is 38.3 Å². The minimum atomic E-state index is -0.799. The molecule has 1 N–H and O–H groups in total. The first-order valence-corrected chi connectivity index (χ1v) is 9.97. The van der Waals surface area contributed by atoms with Crippen LogP contribution in [-0.4, -0.2) is 42.3 Å². The maximum absolute atomic E-state index is 12.0. The summed E-state index contributed by atoms with van der Waals surface area (Å²) in [5.41, 5.74) is 1.83. The van der Waals surface area contributed by atoms with Crippen LogP contribution in [0.2, 0.25) is 5.02 Å². The quantitative estimate of drug-likeness (QED) is 0.721. The number of ether oxygens (including phenoxy) is 2. The summed E-state index contributed by atoms with van der Waals surface area (Å²) in [4.78, 5) is 14.1. The second kappa shape index (κ2) is 9.30. The van der Waals surface area contributed by atoms with Crippen LogP contribution in [0.25, 0.3) is 0 Å². The fourth-order valence-electron chi connectivity index (χ4n) is 3.91. The topological polar surface area (TPSA) is 59.0 Å².